The lowest BCUT2D eigenvalue weighted by Gasteiger charge is -2.22. The van der Waals surface area contributed by atoms with E-state index in [4.69, 9.17) is 4.74 Å². The normalized spacial score (nSPS) is 14.7. The first-order valence-electron chi connectivity index (χ1n) is 10.9. The third-order valence-electron chi connectivity index (χ3n) is 5.79. The molecule has 4 nitrogen and oxygen atoms in total. The smallest absolute Gasteiger partial charge is 0.262 e. The molecule has 4 rings (SSSR count). The Kier molecular flexibility index (Phi) is 6.64. The maximum atomic E-state index is 12.6. The molecular formula is C27H26N2O2. The average Bonchev–Trinajstić information content (AvgIpc) is 2.82. The van der Waals surface area contributed by atoms with Gasteiger partial charge < -0.3 is 10.1 Å². The summed E-state index contributed by atoms with van der Waals surface area (Å²) in [5.41, 5.74) is 1.91. The van der Waals surface area contributed by atoms with Crippen molar-refractivity contribution in [3.05, 3.63) is 83.4 Å². The third kappa shape index (κ3) is 5.13. The second-order valence-corrected chi connectivity index (χ2v) is 7.94. The number of rotatable bonds is 6. The minimum atomic E-state index is -0.307. The lowest BCUT2D eigenvalue weighted by molar-refractivity contribution is -0.117. The monoisotopic (exact) mass is 410 g/mol. The Bertz CT molecular complexity index is 1130. The fourth-order valence-corrected chi connectivity index (χ4v) is 4.12. The van der Waals surface area contributed by atoms with Gasteiger partial charge in [0, 0.05) is 11.6 Å². The molecule has 0 saturated heterocycles. The molecule has 0 atom stereocenters. The lowest BCUT2D eigenvalue weighted by Crippen LogP contribution is -2.36. The zero-order valence-corrected chi connectivity index (χ0v) is 17.5. The van der Waals surface area contributed by atoms with Gasteiger partial charge in [-0.25, -0.2) is 0 Å². The van der Waals surface area contributed by atoms with Gasteiger partial charge in [0.05, 0.1) is 0 Å². The SMILES string of the molecule is N#CC(=Cc1ccccc1OCc1cccc2ccccc12)C(=O)NC1CCCCC1. The van der Waals surface area contributed by atoms with Gasteiger partial charge in [-0.2, -0.15) is 5.26 Å². The molecule has 0 spiro atoms. The second-order valence-electron chi connectivity index (χ2n) is 7.94. The fourth-order valence-electron chi connectivity index (χ4n) is 4.12. The Balaban J connectivity index is 1.52. The Hall–Kier alpha value is -3.58. The summed E-state index contributed by atoms with van der Waals surface area (Å²) in [6.45, 7) is 0.405. The van der Waals surface area contributed by atoms with Crippen LogP contribution in [-0.4, -0.2) is 11.9 Å². The summed E-state index contributed by atoms with van der Waals surface area (Å²) >= 11 is 0. The van der Waals surface area contributed by atoms with Gasteiger partial charge in [0.1, 0.15) is 24.0 Å². The van der Waals surface area contributed by atoms with E-state index < -0.39 is 0 Å². The van der Waals surface area contributed by atoms with E-state index in [1.807, 2.05) is 42.5 Å². The van der Waals surface area contributed by atoms with Crippen molar-refractivity contribution < 1.29 is 9.53 Å². The summed E-state index contributed by atoms with van der Waals surface area (Å²) in [5, 5.41) is 14.9. The molecule has 1 saturated carbocycles. The number of hydrogen-bond donors (Lipinski definition) is 1. The molecule has 156 valence electrons. The van der Waals surface area contributed by atoms with Crippen molar-refractivity contribution in [1.82, 2.24) is 5.32 Å². The third-order valence-corrected chi connectivity index (χ3v) is 5.79. The molecule has 1 aliphatic carbocycles. The zero-order chi connectivity index (χ0) is 21.5. The van der Waals surface area contributed by atoms with Crippen molar-refractivity contribution in [2.45, 2.75) is 44.8 Å². The van der Waals surface area contributed by atoms with Crippen LogP contribution in [0.1, 0.15) is 43.2 Å². The Morgan fingerprint density at radius 1 is 1.00 bits per heavy atom. The van der Waals surface area contributed by atoms with E-state index in [1.54, 1.807) is 6.08 Å². The van der Waals surface area contributed by atoms with Crippen LogP contribution < -0.4 is 10.1 Å². The lowest BCUT2D eigenvalue weighted by atomic mass is 9.95. The highest BCUT2D eigenvalue weighted by atomic mass is 16.5. The van der Waals surface area contributed by atoms with Crippen LogP contribution in [0.25, 0.3) is 16.8 Å². The van der Waals surface area contributed by atoms with E-state index in [0.717, 1.165) is 42.2 Å². The number of nitrogens with one attached hydrogen (secondary N) is 1. The Morgan fingerprint density at radius 3 is 2.58 bits per heavy atom. The van der Waals surface area contributed by atoms with Crippen LogP contribution in [0.4, 0.5) is 0 Å². The summed E-state index contributed by atoms with van der Waals surface area (Å²) in [4.78, 5) is 12.6. The van der Waals surface area contributed by atoms with E-state index in [2.05, 4.69) is 35.7 Å². The molecule has 4 heteroatoms. The average molecular weight is 411 g/mol. The second kappa shape index (κ2) is 9.95. The molecule has 1 N–H and O–H groups in total. The highest BCUT2D eigenvalue weighted by Crippen LogP contribution is 2.25. The summed E-state index contributed by atoms with van der Waals surface area (Å²) < 4.78 is 6.12. The highest BCUT2D eigenvalue weighted by Gasteiger charge is 2.18. The van der Waals surface area contributed by atoms with E-state index in [0.29, 0.717) is 12.4 Å². The molecule has 3 aromatic rings. The maximum absolute atomic E-state index is 12.6. The molecule has 0 aliphatic heterocycles. The van der Waals surface area contributed by atoms with Crippen molar-refractivity contribution >= 4 is 22.8 Å². The van der Waals surface area contributed by atoms with Crippen LogP contribution in [0.5, 0.6) is 5.75 Å². The highest BCUT2D eigenvalue weighted by molar-refractivity contribution is 6.02. The van der Waals surface area contributed by atoms with Crippen LogP contribution in [0, 0.1) is 11.3 Å². The summed E-state index contributed by atoms with van der Waals surface area (Å²) in [6, 6.07) is 24.1. The van der Waals surface area contributed by atoms with Crippen molar-refractivity contribution in [2.75, 3.05) is 0 Å². The van der Waals surface area contributed by atoms with Crippen molar-refractivity contribution in [3.63, 3.8) is 0 Å². The molecule has 0 radical (unpaired) electrons. The van der Waals surface area contributed by atoms with E-state index in [9.17, 15) is 10.1 Å². The minimum absolute atomic E-state index is 0.104. The number of ether oxygens (including phenoxy) is 1. The number of nitrogens with zero attached hydrogens (tertiary/aromatic N) is 1. The standard InChI is InChI=1S/C27H26N2O2/c28-18-23(27(30)29-24-13-2-1-3-14-24)17-21-10-5-7-16-26(21)31-19-22-12-8-11-20-9-4-6-15-25(20)22/h4-12,15-17,24H,1-3,13-14,19H2,(H,29,30). The Morgan fingerprint density at radius 2 is 1.74 bits per heavy atom. The number of fused-ring (bicyclic) bond motifs is 1. The number of carbonyl (C=O) groups excluding carboxylic acids is 1. The van der Waals surface area contributed by atoms with Gasteiger partial charge in [0.2, 0.25) is 0 Å². The fraction of sp³-hybridized carbons (Fsp3) is 0.259. The molecule has 3 aromatic carbocycles. The molecule has 1 fully saturated rings. The summed E-state index contributed by atoms with van der Waals surface area (Å²) in [7, 11) is 0. The predicted molar refractivity (Wildman–Crippen MR) is 123 cm³/mol. The van der Waals surface area contributed by atoms with Crippen molar-refractivity contribution in [1.29, 1.82) is 5.26 Å². The summed E-state index contributed by atoms with van der Waals surface area (Å²) in [6.07, 6.45) is 7.05. The molecule has 31 heavy (non-hydrogen) atoms. The molecule has 1 aliphatic rings. The number of hydrogen-bond acceptors (Lipinski definition) is 3. The van der Waals surface area contributed by atoms with Gasteiger partial charge in [0.25, 0.3) is 5.91 Å². The van der Waals surface area contributed by atoms with Gasteiger partial charge in [0.15, 0.2) is 0 Å². The molecule has 1 amide bonds. The van der Waals surface area contributed by atoms with Gasteiger partial charge in [-0.15, -0.1) is 0 Å². The van der Waals surface area contributed by atoms with Crippen molar-refractivity contribution in [3.8, 4) is 11.8 Å². The molecule has 0 heterocycles. The van der Waals surface area contributed by atoms with Gasteiger partial charge in [-0.05, 0) is 41.3 Å². The van der Waals surface area contributed by atoms with Crippen LogP contribution in [-0.2, 0) is 11.4 Å². The van der Waals surface area contributed by atoms with Gasteiger partial charge >= 0.3 is 0 Å². The van der Waals surface area contributed by atoms with Crippen LogP contribution in [0.2, 0.25) is 0 Å². The topological polar surface area (TPSA) is 62.1 Å². The van der Waals surface area contributed by atoms with Crippen LogP contribution >= 0.6 is 0 Å². The number of para-hydroxylation sites is 1. The number of benzene rings is 3. The van der Waals surface area contributed by atoms with Crippen molar-refractivity contribution in [2.24, 2.45) is 0 Å². The first kappa shape index (κ1) is 20.7. The first-order valence-corrected chi connectivity index (χ1v) is 10.9. The van der Waals surface area contributed by atoms with Gasteiger partial charge in [-0.1, -0.05) is 79.9 Å². The minimum Gasteiger partial charge on any atom is -0.488 e. The molecule has 0 aromatic heterocycles. The van der Waals surface area contributed by atoms with E-state index in [1.165, 1.54) is 11.8 Å². The van der Waals surface area contributed by atoms with Gasteiger partial charge in [-0.3, -0.25) is 4.79 Å². The molecule has 0 unspecified atom stereocenters. The van der Waals surface area contributed by atoms with E-state index >= 15 is 0 Å². The zero-order valence-electron chi connectivity index (χ0n) is 17.5. The number of carbonyl (C=O) groups is 1. The van der Waals surface area contributed by atoms with E-state index in [-0.39, 0.29) is 17.5 Å². The first-order chi connectivity index (χ1) is 15.2. The Labute approximate surface area is 183 Å². The predicted octanol–water partition coefficient (Wildman–Crippen LogP) is 5.77. The van der Waals surface area contributed by atoms with Crippen LogP contribution in [0.15, 0.2) is 72.3 Å². The number of amides is 1. The summed E-state index contributed by atoms with van der Waals surface area (Å²) in [5.74, 6) is 0.340. The maximum Gasteiger partial charge on any atom is 0.262 e. The quantitative estimate of drug-likeness (QED) is 0.414. The number of nitriles is 1. The molecular weight excluding hydrogens is 384 g/mol. The largest absolute Gasteiger partial charge is 0.488 e. The molecule has 0 bridgehead atoms. The van der Waals surface area contributed by atoms with Crippen LogP contribution in [0.3, 0.4) is 0 Å².